The van der Waals surface area contributed by atoms with Crippen LogP contribution in [0.15, 0.2) is 40.8 Å². The molecule has 0 aliphatic rings. The monoisotopic (exact) mass is 458 g/mol. The van der Waals surface area contributed by atoms with Gasteiger partial charge in [0.15, 0.2) is 5.58 Å². The van der Waals surface area contributed by atoms with Crippen molar-refractivity contribution in [2.75, 3.05) is 23.7 Å². The summed E-state index contributed by atoms with van der Waals surface area (Å²) in [7, 11) is 0. The van der Waals surface area contributed by atoms with Crippen molar-refractivity contribution < 1.29 is 19.1 Å². The number of benzene rings is 2. The Hall–Kier alpha value is -3.26. The number of aromatic nitrogens is 1. The van der Waals surface area contributed by atoms with E-state index in [9.17, 15) is 9.59 Å². The average molecular weight is 459 g/mol. The van der Waals surface area contributed by atoms with Crippen LogP contribution in [0.25, 0.3) is 22.6 Å². The van der Waals surface area contributed by atoms with Crippen LogP contribution in [0.3, 0.4) is 0 Å². The summed E-state index contributed by atoms with van der Waals surface area (Å²) in [6.07, 6.45) is 3.17. The lowest BCUT2D eigenvalue weighted by molar-refractivity contribution is -0.137. The van der Waals surface area contributed by atoms with E-state index in [0.717, 1.165) is 37.1 Å². The molecule has 170 valence electrons. The number of carboxylic acid groups (broad SMARTS) is 1. The zero-order chi connectivity index (χ0) is 22.9. The minimum absolute atomic E-state index is 0.148. The number of aliphatic carboxylic acids is 1. The highest BCUT2D eigenvalue weighted by molar-refractivity contribution is 6.31. The maximum Gasteiger partial charge on any atom is 0.319 e. The Labute approximate surface area is 191 Å². The van der Waals surface area contributed by atoms with Gasteiger partial charge in [0.2, 0.25) is 5.89 Å². The van der Waals surface area contributed by atoms with E-state index in [0.29, 0.717) is 40.7 Å². The van der Waals surface area contributed by atoms with Gasteiger partial charge in [-0.15, -0.1) is 0 Å². The lowest BCUT2D eigenvalue weighted by Gasteiger charge is -2.12. The molecule has 0 atom stereocenters. The normalized spacial score (nSPS) is 10.8. The van der Waals surface area contributed by atoms with E-state index in [1.54, 1.807) is 18.2 Å². The van der Waals surface area contributed by atoms with E-state index in [4.69, 9.17) is 21.1 Å². The van der Waals surface area contributed by atoms with Crippen LogP contribution in [0.5, 0.6) is 0 Å². The quantitative estimate of drug-likeness (QED) is 0.272. The molecule has 0 saturated heterocycles. The van der Waals surface area contributed by atoms with Crippen molar-refractivity contribution in [2.45, 2.75) is 39.0 Å². The number of nitrogens with zero attached hydrogens (tertiary/aromatic N) is 1. The maximum absolute atomic E-state index is 12.3. The first-order valence-electron chi connectivity index (χ1n) is 10.7. The summed E-state index contributed by atoms with van der Waals surface area (Å²) in [4.78, 5) is 27.3. The fraction of sp³-hybridized carbons (Fsp3) is 0.348. The molecule has 0 radical (unpaired) electrons. The van der Waals surface area contributed by atoms with Gasteiger partial charge >= 0.3 is 12.0 Å². The van der Waals surface area contributed by atoms with Gasteiger partial charge in [-0.05, 0) is 55.7 Å². The van der Waals surface area contributed by atoms with Gasteiger partial charge in [0.05, 0.1) is 5.56 Å². The van der Waals surface area contributed by atoms with E-state index in [2.05, 4.69) is 27.9 Å². The molecule has 0 bridgehead atoms. The molecular formula is C23H27ClN4O4. The van der Waals surface area contributed by atoms with Crippen LogP contribution in [-0.2, 0) is 4.79 Å². The number of halogens is 1. The average Bonchev–Trinajstić information content (AvgIpc) is 3.18. The molecule has 0 fully saturated rings. The summed E-state index contributed by atoms with van der Waals surface area (Å²) in [5, 5.41) is 18.2. The molecule has 9 heteroatoms. The number of carbonyl (C=O) groups excluding carboxylic acids is 1. The molecule has 2 amide bonds. The number of carbonyl (C=O) groups is 2. The molecular weight excluding hydrogens is 432 g/mol. The fourth-order valence-corrected chi connectivity index (χ4v) is 3.35. The Kier molecular flexibility index (Phi) is 8.33. The van der Waals surface area contributed by atoms with Crippen molar-refractivity contribution in [1.82, 2.24) is 10.3 Å². The van der Waals surface area contributed by atoms with Gasteiger partial charge in [-0.3, -0.25) is 4.79 Å². The third-order valence-electron chi connectivity index (χ3n) is 4.78. The van der Waals surface area contributed by atoms with Gasteiger partial charge in [0, 0.05) is 35.9 Å². The number of unbranched alkanes of at least 4 members (excludes halogenated alkanes) is 2. The first-order valence-corrected chi connectivity index (χ1v) is 11.0. The Bertz CT molecular complexity index is 1080. The molecule has 0 spiro atoms. The summed E-state index contributed by atoms with van der Waals surface area (Å²) < 4.78 is 5.93. The molecule has 0 saturated carbocycles. The van der Waals surface area contributed by atoms with Gasteiger partial charge in [-0.1, -0.05) is 24.9 Å². The van der Waals surface area contributed by atoms with Crippen molar-refractivity contribution >= 4 is 46.1 Å². The zero-order valence-electron chi connectivity index (χ0n) is 17.9. The third-order valence-corrected chi connectivity index (χ3v) is 5.01. The van der Waals surface area contributed by atoms with Crippen molar-refractivity contribution in [3.8, 4) is 11.5 Å². The van der Waals surface area contributed by atoms with Crippen molar-refractivity contribution in [2.24, 2.45) is 0 Å². The zero-order valence-corrected chi connectivity index (χ0v) is 18.7. The lowest BCUT2D eigenvalue weighted by atomic mass is 10.1. The number of hydrogen-bond donors (Lipinski definition) is 4. The summed E-state index contributed by atoms with van der Waals surface area (Å²) in [6.45, 7) is 3.34. The van der Waals surface area contributed by atoms with E-state index in [1.807, 2.05) is 18.2 Å². The van der Waals surface area contributed by atoms with Crippen LogP contribution in [0, 0.1) is 0 Å². The first-order chi connectivity index (χ1) is 15.5. The Balaban J connectivity index is 1.69. The highest BCUT2D eigenvalue weighted by Gasteiger charge is 2.15. The standard InChI is InChI=1S/C23H27ClN4O4/c1-2-11-25-18-9-8-16(27-23(31)26-12-5-3-4-6-21(29)30)14-17(18)22-28-19-13-15(24)7-10-20(19)32-22/h7-10,13-14,25H,2-6,11-12H2,1H3,(H,29,30)(H2,26,27,31). The highest BCUT2D eigenvalue weighted by atomic mass is 35.5. The molecule has 0 unspecified atom stereocenters. The lowest BCUT2D eigenvalue weighted by Crippen LogP contribution is -2.29. The molecule has 8 nitrogen and oxygen atoms in total. The molecule has 1 aromatic heterocycles. The number of nitrogens with one attached hydrogen (secondary N) is 3. The van der Waals surface area contributed by atoms with Crippen molar-refractivity contribution in [3.63, 3.8) is 0 Å². The minimum Gasteiger partial charge on any atom is -0.481 e. The Morgan fingerprint density at radius 2 is 1.94 bits per heavy atom. The smallest absolute Gasteiger partial charge is 0.319 e. The number of oxazole rings is 1. The molecule has 32 heavy (non-hydrogen) atoms. The predicted molar refractivity (Wildman–Crippen MR) is 126 cm³/mol. The number of carboxylic acids is 1. The third kappa shape index (κ3) is 6.62. The molecule has 4 N–H and O–H groups in total. The Morgan fingerprint density at radius 1 is 1.09 bits per heavy atom. The first kappa shape index (κ1) is 23.4. The van der Waals surface area contributed by atoms with Crippen LogP contribution < -0.4 is 16.0 Å². The van der Waals surface area contributed by atoms with Crippen LogP contribution in [0.2, 0.25) is 5.02 Å². The predicted octanol–water partition coefficient (Wildman–Crippen LogP) is 5.74. The van der Waals surface area contributed by atoms with Gasteiger partial charge in [-0.25, -0.2) is 9.78 Å². The SMILES string of the molecule is CCCNc1ccc(NC(=O)NCCCCCC(=O)O)cc1-c1nc2cc(Cl)ccc2o1. The maximum atomic E-state index is 12.3. The van der Waals surface area contributed by atoms with Gasteiger partial charge in [-0.2, -0.15) is 0 Å². The number of hydrogen-bond acceptors (Lipinski definition) is 5. The van der Waals surface area contributed by atoms with E-state index in [-0.39, 0.29) is 12.5 Å². The topological polar surface area (TPSA) is 116 Å². The number of fused-ring (bicyclic) bond motifs is 1. The van der Waals surface area contributed by atoms with E-state index < -0.39 is 5.97 Å². The van der Waals surface area contributed by atoms with Crippen molar-refractivity contribution in [1.29, 1.82) is 0 Å². The number of rotatable bonds is 11. The van der Waals surface area contributed by atoms with Crippen molar-refractivity contribution in [3.05, 3.63) is 41.4 Å². The fourth-order valence-electron chi connectivity index (χ4n) is 3.18. The van der Waals surface area contributed by atoms with Gasteiger partial charge in [0.1, 0.15) is 5.52 Å². The summed E-state index contributed by atoms with van der Waals surface area (Å²) in [5.74, 6) is -0.367. The second-order valence-electron chi connectivity index (χ2n) is 7.40. The number of amides is 2. The van der Waals surface area contributed by atoms with Crippen LogP contribution in [0.4, 0.5) is 16.2 Å². The molecule has 2 aromatic carbocycles. The van der Waals surface area contributed by atoms with Gasteiger partial charge in [0.25, 0.3) is 0 Å². The molecule has 0 aliphatic heterocycles. The largest absolute Gasteiger partial charge is 0.481 e. The van der Waals surface area contributed by atoms with E-state index >= 15 is 0 Å². The van der Waals surface area contributed by atoms with Crippen LogP contribution in [-0.4, -0.2) is 35.2 Å². The summed E-state index contributed by atoms with van der Waals surface area (Å²) in [5.41, 5.74) is 3.48. The Morgan fingerprint density at radius 3 is 2.72 bits per heavy atom. The highest BCUT2D eigenvalue weighted by Crippen LogP contribution is 2.33. The minimum atomic E-state index is -0.801. The van der Waals surface area contributed by atoms with Crippen LogP contribution in [0.1, 0.15) is 39.0 Å². The number of anilines is 2. The molecule has 1 heterocycles. The second-order valence-corrected chi connectivity index (χ2v) is 7.84. The molecule has 0 aliphatic carbocycles. The second kappa shape index (κ2) is 11.4. The molecule has 3 aromatic rings. The van der Waals surface area contributed by atoms with E-state index in [1.165, 1.54) is 0 Å². The van der Waals surface area contributed by atoms with Crippen LogP contribution >= 0.6 is 11.6 Å². The number of urea groups is 1. The summed E-state index contributed by atoms with van der Waals surface area (Å²) >= 11 is 6.07. The molecule has 3 rings (SSSR count). The summed E-state index contributed by atoms with van der Waals surface area (Å²) in [6, 6.07) is 10.5. The van der Waals surface area contributed by atoms with Gasteiger partial charge < -0.3 is 25.5 Å².